The number of aryl methyl sites for hydroxylation is 1. The van der Waals surface area contributed by atoms with Crippen LogP contribution in [0.2, 0.25) is 0 Å². The van der Waals surface area contributed by atoms with E-state index in [1.807, 2.05) is 0 Å². The third kappa shape index (κ3) is 1.52. The zero-order valence-electron chi connectivity index (χ0n) is 6.81. The van der Waals surface area contributed by atoms with E-state index in [2.05, 4.69) is 0 Å². The molecule has 1 aromatic rings. The van der Waals surface area contributed by atoms with Gasteiger partial charge in [-0.1, -0.05) is 0 Å². The third-order valence-electron chi connectivity index (χ3n) is 1.57. The van der Waals surface area contributed by atoms with E-state index < -0.39 is 22.8 Å². The second kappa shape index (κ2) is 3.28. The smallest absolute Gasteiger partial charge is 0.284 e. The number of carbonyl (C=O) groups is 1. The molecule has 0 atom stereocenters. The normalized spacial score (nSPS) is 9.69. The summed E-state index contributed by atoms with van der Waals surface area (Å²) in [5.41, 5.74) is 0.124. The molecule has 6 nitrogen and oxygen atoms in total. The Morgan fingerprint density at radius 3 is 2.77 bits per heavy atom. The molecule has 13 heavy (non-hydrogen) atoms. The molecule has 6 heteroatoms. The summed E-state index contributed by atoms with van der Waals surface area (Å²) in [5, 5.41) is 17.4. The molecule has 0 bridgehead atoms. The van der Waals surface area contributed by atoms with E-state index in [1.165, 1.54) is 24.8 Å². The van der Waals surface area contributed by atoms with Crippen LogP contribution in [0.15, 0.2) is 17.1 Å². The van der Waals surface area contributed by atoms with Gasteiger partial charge in [0.05, 0.1) is 0 Å². The summed E-state index contributed by atoms with van der Waals surface area (Å²) < 4.78 is 1.12. The van der Waals surface area contributed by atoms with Gasteiger partial charge in [0.25, 0.3) is 11.5 Å². The number of pyridine rings is 1. The molecule has 0 aliphatic heterocycles. The van der Waals surface area contributed by atoms with Crippen LogP contribution in [0.3, 0.4) is 0 Å². The van der Waals surface area contributed by atoms with Crippen LogP contribution < -0.4 is 11.0 Å². The minimum Gasteiger partial charge on any atom is -0.507 e. The van der Waals surface area contributed by atoms with E-state index in [-0.39, 0.29) is 0 Å². The highest BCUT2D eigenvalue weighted by Crippen LogP contribution is 2.10. The lowest BCUT2D eigenvalue weighted by atomic mass is 10.2. The monoisotopic (exact) mass is 184 g/mol. The molecule has 0 radical (unpaired) electrons. The molecule has 3 N–H and O–H groups in total. The second-order valence-corrected chi connectivity index (χ2v) is 2.43. The predicted octanol–water partition coefficient (Wildman–Crippen LogP) is -0.790. The third-order valence-corrected chi connectivity index (χ3v) is 1.57. The maximum atomic E-state index is 11.2. The molecule has 0 aliphatic carbocycles. The number of nitrogens with one attached hydrogen (secondary N) is 1. The molecule has 1 heterocycles. The summed E-state index contributed by atoms with van der Waals surface area (Å²) in [6, 6.07) is 1.19. The highest BCUT2D eigenvalue weighted by atomic mass is 16.5. The van der Waals surface area contributed by atoms with Crippen LogP contribution in [0.25, 0.3) is 0 Å². The lowest BCUT2D eigenvalue weighted by Crippen LogP contribution is -2.30. The van der Waals surface area contributed by atoms with Gasteiger partial charge in [0.2, 0.25) is 0 Å². The summed E-state index contributed by atoms with van der Waals surface area (Å²) >= 11 is 0. The first-order chi connectivity index (χ1) is 6.07. The molecule has 0 aliphatic rings. The number of rotatable bonds is 1. The Kier molecular flexibility index (Phi) is 2.34. The van der Waals surface area contributed by atoms with E-state index in [9.17, 15) is 9.59 Å². The van der Waals surface area contributed by atoms with Gasteiger partial charge in [-0.25, -0.2) is 5.48 Å². The molecule has 0 aromatic carbocycles. The summed E-state index contributed by atoms with van der Waals surface area (Å²) in [7, 11) is 1.43. The molecule has 0 spiro atoms. The molecule has 1 amide bonds. The van der Waals surface area contributed by atoms with Gasteiger partial charge in [0, 0.05) is 13.2 Å². The molecule has 0 saturated heterocycles. The molecule has 0 fully saturated rings. The molecule has 1 rings (SSSR count). The van der Waals surface area contributed by atoms with Crippen molar-refractivity contribution in [2.24, 2.45) is 7.05 Å². The first-order valence-electron chi connectivity index (χ1n) is 3.41. The van der Waals surface area contributed by atoms with Crippen molar-refractivity contribution in [1.82, 2.24) is 10.0 Å². The summed E-state index contributed by atoms with van der Waals surface area (Å²) in [4.78, 5) is 22.1. The van der Waals surface area contributed by atoms with Gasteiger partial charge in [0.1, 0.15) is 11.3 Å². The maximum Gasteiger partial charge on any atom is 0.284 e. The van der Waals surface area contributed by atoms with Crippen LogP contribution in [0.4, 0.5) is 0 Å². The quantitative estimate of drug-likeness (QED) is 0.394. The summed E-state index contributed by atoms with van der Waals surface area (Å²) in [6.45, 7) is 0. The standard InChI is InChI=1S/C7H8N2O4/c1-9-3-2-4(10)5(7(9)12)6(11)8-13/h2-3,10,13H,1H3,(H,8,11). The van der Waals surface area contributed by atoms with Crippen LogP contribution in [0.5, 0.6) is 5.75 Å². The van der Waals surface area contributed by atoms with E-state index in [0.717, 1.165) is 4.57 Å². The Morgan fingerprint density at radius 1 is 1.62 bits per heavy atom. The largest absolute Gasteiger partial charge is 0.507 e. The van der Waals surface area contributed by atoms with Gasteiger partial charge in [-0.2, -0.15) is 0 Å². The number of aromatic nitrogens is 1. The first-order valence-corrected chi connectivity index (χ1v) is 3.41. The average molecular weight is 184 g/mol. The number of hydrogen-bond donors (Lipinski definition) is 3. The predicted molar refractivity (Wildman–Crippen MR) is 42.6 cm³/mol. The fourth-order valence-electron chi connectivity index (χ4n) is 0.889. The van der Waals surface area contributed by atoms with Gasteiger partial charge in [0.15, 0.2) is 0 Å². The Morgan fingerprint density at radius 2 is 2.23 bits per heavy atom. The minimum absolute atomic E-state index is 0.463. The fraction of sp³-hybridized carbons (Fsp3) is 0.143. The van der Waals surface area contributed by atoms with Crippen molar-refractivity contribution in [3.63, 3.8) is 0 Å². The van der Waals surface area contributed by atoms with Gasteiger partial charge in [-0.05, 0) is 6.07 Å². The van der Waals surface area contributed by atoms with Gasteiger partial charge in [-0.3, -0.25) is 14.8 Å². The van der Waals surface area contributed by atoms with Gasteiger partial charge < -0.3 is 9.67 Å². The lowest BCUT2D eigenvalue weighted by molar-refractivity contribution is 0.0701. The van der Waals surface area contributed by atoms with E-state index >= 15 is 0 Å². The van der Waals surface area contributed by atoms with Crippen molar-refractivity contribution in [2.75, 3.05) is 0 Å². The lowest BCUT2D eigenvalue weighted by Gasteiger charge is -2.03. The number of nitrogens with zero attached hydrogens (tertiary/aromatic N) is 1. The number of aromatic hydroxyl groups is 1. The van der Waals surface area contributed by atoms with Crippen LogP contribution in [-0.4, -0.2) is 20.8 Å². The molecule has 0 unspecified atom stereocenters. The van der Waals surface area contributed by atoms with Crippen molar-refractivity contribution in [1.29, 1.82) is 0 Å². The number of hydrogen-bond acceptors (Lipinski definition) is 4. The summed E-state index contributed by atoms with van der Waals surface area (Å²) in [6.07, 6.45) is 1.31. The van der Waals surface area contributed by atoms with Gasteiger partial charge >= 0.3 is 0 Å². The SMILES string of the molecule is Cn1ccc(O)c(C(=O)NO)c1=O. The van der Waals surface area contributed by atoms with Crippen molar-refractivity contribution < 1.29 is 15.1 Å². The number of carbonyl (C=O) groups excluding carboxylic acids is 1. The highest BCUT2D eigenvalue weighted by molar-refractivity contribution is 5.95. The Balaban J connectivity index is 3.43. The molecule has 1 aromatic heterocycles. The van der Waals surface area contributed by atoms with Crippen molar-refractivity contribution in [2.45, 2.75) is 0 Å². The average Bonchev–Trinajstić information content (AvgIpc) is 2.12. The molecule has 0 saturated carbocycles. The van der Waals surface area contributed by atoms with E-state index in [0.29, 0.717) is 0 Å². The zero-order chi connectivity index (χ0) is 10.0. The van der Waals surface area contributed by atoms with Crippen molar-refractivity contribution in [3.8, 4) is 5.75 Å². The van der Waals surface area contributed by atoms with Crippen LogP contribution in [0, 0.1) is 0 Å². The fourth-order valence-corrected chi connectivity index (χ4v) is 0.889. The molecule has 70 valence electrons. The van der Waals surface area contributed by atoms with Crippen LogP contribution >= 0.6 is 0 Å². The molecular formula is C7H8N2O4. The summed E-state index contributed by atoms with van der Waals surface area (Å²) in [5.74, 6) is -1.49. The highest BCUT2D eigenvalue weighted by Gasteiger charge is 2.15. The maximum absolute atomic E-state index is 11.2. The van der Waals surface area contributed by atoms with Crippen molar-refractivity contribution in [3.05, 3.63) is 28.2 Å². The van der Waals surface area contributed by atoms with Crippen LogP contribution in [0.1, 0.15) is 10.4 Å². The Hall–Kier alpha value is -1.82. The van der Waals surface area contributed by atoms with E-state index in [1.54, 1.807) is 0 Å². The number of hydroxylamine groups is 1. The first kappa shape index (κ1) is 9.27. The Labute approximate surface area is 73.0 Å². The van der Waals surface area contributed by atoms with Crippen LogP contribution in [-0.2, 0) is 7.05 Å². The van der Waals surface area contributed by atoms with E-state index in [4.69, 9.17) is 10.3 Å². The number of amides is 1. The zero-order valence-corrected chi connectivity index (χ0v) is 6.81. The van der Waals surface area contributed by atoms with Crippen molar-refractivity contribution >= 4 is 5.91 Å². The molecular weight excluding hydrogens is 176 g/mol. The Bertz CT molecular complexity index is 396. The minimum atomic E-state index is -1.03. The van der Waals surface area contributed by atoms with Gasteiger partial charge in [-0.15, -0.1) is 0 Å². The topological polar surface area (TPSA) is 91.6 Å². The second-order valence-electron chi connectivity index (χ2n) is 2.43.